The van der Waals surface area contributed by atoms with E-state index in [2.05, 4.69) is 45.9 Å². The molecule has 1 aromatic rings. The Bertz CT molecular complexity index is 330. The quantitative estimate of drug-likeness (QED) is 0.757. The molecule has 1 unspecified atom stereocenters. The van der Waals surface area contributed by atoms with E-state index in [9.17, 15) is 5.11 Å². The first kappa shape index (κ1) is 15.2. The summed E-state index contributed by atoms with van der Waals surface area (Å²) in [4.78, 5) is 0. The highest BCUT2D eigenvalue weighted by Crippen LogP contribution is 2.23. The molecule has 0 saturated carbocycles. The zero-order chi connectivity index (χ0) is 13.5. The monoisotopic (exact) mass is 248 g/mol. The van der Waals surface area contributed by atoms with Crippen LogP contribution in [0.2, 0.25) is 0 Å². The van der Waals surface area contributed by atoms with Crippen molar-refractivity contribution >= 4 is 0 Å². The van der Waals surface area contributed by atoms with Crippen LogP contribution in [0.3, 0.4) is 0 Å². The van der Waals surface area contributed by atoms with Gasteiger partial charge in [0.1, 0.15) is 0 Å². The highest BCUT2D eigenvalue weighted by Gasteiger charge is 2.19. The third-order valence-corrected chi connectivity index (χ3v) is 3.92. The van der Waals surface area contributed by atoms with Crippen LogP contribution in [0.15, 0.2) is 18.2 Å². The smallest absolute Gasteiger partial charge is 0.0608 e. The number of aliphatic hydroxyl groups excluding tert-OH is 1. The van der Waals surface area contributed by atoms with Crippen LogP contribution in [0, 0.1) is 19.8 Å². The number of hydrogen-bond donors (Lipinski definition) is 1. The first-order chi connectivity index (χ1) is 8.60. The van der Waals surface area contributed by atoms with Gasteiger partial charge in [0.2, 0.25) is 0 Å². The standard InChI is InChI=1S/C17H28O/c1-5-8-15(9-6-2)17(18)12-16-13(3)10-7-11-14(16)4/h7,10-11,15,17-18H,5-6,8-9,12H2,1-4H3. The van der Waals surface area contributed by atoms with Gasteiger partial charge in [-0.3, -0.25) is 0 Å². The molecule has 1 aromatic carbocycles. The predicted octanol–water partition coefficient (Wildman–Crippen LogP) is 4.42. The minimum Gasteiger partial charge on any atom is -0.392 e. The van der Waals surface area contributed by atoms with Crippen molar-refractivity contribution in [2.24, 2.45) is 5.92 Å². The van der Waals surface area contributed by atoms with Gasteiger partial charge in [0.05, 0.1) is 6.10 Å². The van der Waals surface area contributed by atoms with Crippen LogP contribution < -0.4 is 0 Å². The summed E-state index contributed by atoms with van der Waals surface area (Å²) in [5, 5.41) is 10.5. The molecule has 1 nitrogen and oxygen atoms in total. The molecule has 0 aromatic heterocycles. The summed E-state index contributed by atoms with van der Waals surface area (Å²) in [6, 6.07) is 6.38. The fourth-order valence-corrected chi connectivity index (χ4v) is 2.82. The van der Waals surface area contributed by atoms with E-state index in [-0.39, 0.29) is 6.10 Å². The molecule has 0 fully saturated rings. The Kier molecular flexibility index (Phi) is 6.42. The van der Waals surface area contributed by atoms with Crippen molar-refractivity contribution in [3.05, 3.63) is 34.9 Å². The molecule has 0 bridgehead atoms. The van der Waals surface area contributed by atoms with Gasteiger partial charge in [-0.2, -0.15) is 0 Å². The molecule has 18 heavy (non-hydrogen) atoms. The molecular weight excluding hydrogens is 220 g/mol. The lowest BCUT2D eigenvalue weighted by Crippen LogP contribution is -2.23. The van der Waals surface area contributed by atoms with Crippen molar-refractivity contribution in [3.63, 3.8) is 0 Å². The Morgan fingerprint density at radius 3 is 1.94 bits per heavy atom. The summed E-state index contributed by atoms with van der Waals surface area (Å²) in [6.45, 7) is 8.69. The van der Waals surface area contributed by atoms with Crippen molar-refractivity contribution < 1.29 is 5.11 Å². The van der Waals surface area contributed by atoms with Crippen LogP contribution in [0.5, 0.6) is 0 Å². The zero-order valence-corrected chi connectivity index (χ0v) is 12.4. The van der Waals surface area contributed by atoms with E-state index in [1.54, 1.807) is 0 Å². The fraction of sp³-hybridized carbons (Fsp3) is 0.647. The summed E-state index contributed by atoms with van der Waals surface area (Å²) < 4.78 is 0. The Labute approximate surface area is 112 Å². The van der Waals surface area contributed by atoms with Gasteiger partial charge in [0, 0.05) is 0 Å². The number of benzene rings is 1. The van der Waals surface area contributed by atoms with Crippen molar-refractivity contribution in [1.29, 1.82) is 0 Å². The van der Waals surface area contributed by atoms with E-state index in [0.29, 0.717) is 5.92 Å². The summed E-state index contributed by atoms with van der Waals surface area (Å²) in [5.41, 5.74) is 3.95. The SMILES string of the molecule is CCCC(CCC)C(O)Cc1c(C)cccc1C. The highest BCUT2D eigenvalue weighted by molar-refractivity contribution is 5.34. The van der Waals surface area contributed by atoms with Gasteiger partial charge in [-0.1, -0.05) is 44.9 Å². The second kappa shape index (κ2) is 7.58. The lowest BCUT2D eigenvalue weighted by atomic mass is 9.86. The van der Waals surface area contributed by atoms with Gasteiger partial charge in [-0.05, 0) is 55.7 Å². The molecular formula is C17H28O. The van der Waals surface area contributed by atoms with Crippen LogP contribution in [0.25, 0.3) is 0 Å². The van der Waals surface area contributed by atoms with Crippen LogP contribution in [-0.2, 0) is 6.42 Å². The van der Waals surface area contributed by atoms with Crippen LogP contribution in [0.1, 0.15) is 56.2 Å². The van der Waals surface area contributed by atoms with Gasteiger partial charge >= 0.3 is 0 Å². The van der Waals surface area contributed by atoms with Gasteiger partial charge in [-0.15, -0.1) is 0 Å². The van der Waals surface area contributed by atoms with Gasteiger partial charge in [0.15, 0.2) is 0 Å². The van der Waals surface area contributed by atoms with Crippen molar-refractivity contribution in [1.82, 2.24) is 0 Å². The fourth-order valence-electron chi connectivity index (χ4n) is 2.82. The summed E-state index contributed by atoms with van der Waals surface area (Å²) in [7, 11) is 0. The maximum absolute atomic E-state index is 10.5. The first-order valence-electron chi connectivity index (χ1n) is 7.33. The molecule has 1 atom stereocenters. The van der Waals surface area contributed by atoms with E-state index < -0.39 is 0 Å². The second-order valence-corrected chi connectivity index (χ2v) is 5.48. The average molecular weight is 248 g/mol. The Hall–Kier alpha value is -0.820. The van der Waals surface area contributed by atoms with Gasteiger partial charge in [0.25, 0.3) is 0 Å². The molecule has 0 spiro atoms. The van der Waals surface area contributed by atoms with Crippen molar-refractivity contribution in [2.75, 3.05) is 0 Å². The van der Waals surface area contributed by atoms with Crippen molar-refractivity contribution in [3.8, 4) is 0 Å². The number of hydrogen-bond acceptors (Lipinski definition) is 1. The van der Waals surface area contributed by atoms with E-state index in [4.69, 9.17) is 0 Å². The molecule has 0 saturated heterocycles. The topological polar surface area (TPSA) is 20.2 Å². The van der Waals surface area contributed by atoms with E-state index in [1.807, 2.05) is 0 Å². The molecule has 0 aliphatic rings. The Morgan fingerprint density at radius 1 is 1.00 bits per heavy atom. The molecule has 0 aliphatic carbocycles. The lowest BCUT2D eigenvalue weighted by molar-refractivity contribution is 0.0960. The molecule has 1 rings (SSSR count). The molecule has 0 aliphatic heterocycles. The summed E-state index contributed by atoms with van der Waals surface area (Å²) in [5.74, 6) is 0.457. The van der Waals surface area contributed by atoms with Gasteiger partial charge < -0.3 is 5.11 Å². The third-order valence-electron chi connectivity index (χ3n) is 3.92. The molecule has 1 heteroatoms. The first-order valence-corrected chi connectivity index (χ1v) is 7.33. The predicted molar refractivity (Wildman–Crippen MR) is 78.9 cm³/mol. The number of rotatable bonds is 7. The molecule has 102 valence electrons. The molecule has 1 N–H and O–H groups in total. The van der Waals surface area contributed by atoms with E-state index >= 15 is 0 Å². The average Bonchev–Trinajstić information content (AvgIpc) is 2.33. The van der Waals surface area contributed by atoms with E-state index in [0.717, 1.165) is 32.1 Å². The van der Waals surface area contributed by atoms with E-state index in [1.165, 1.54) is 16.7 Å². The minimum absolute atomic E-state index is 0.190. The van der Waals surface area contributed by atoms with Gasteiger partial charge in [-0.25, -0.2) is 0 Å². The normalized spacial score (nSPS) is 13.0. The Morgan fingerprint density at radius 2 is 1.50 bits per heavy atom. The maximum Gasteiger partial charge on any atom is 0.0608 e. The van der Waals surface area contributed by atoms with Crippen LogP contribution >= 0.6 is 0 Å². The summed E-state index contributed by atoms with van der Waals surface area (Å²) in [6.07, 6.45) is 5.22. The molecule has 0 amide bonds. The number of aliphatic hydroxyl groups is 1. The second-order valence-electron chi connectivity index (χ2n) is 5.48. The highest BCUT2D eigenvalue weighted by atomic mass is 16.3. The van der Waals surface area contributed by atoms with Crippen LogP contribution in [0.4, 0.5) is 0 Å². The number of aryl methyl sites for hydroxylation is 2. The summed E-state index contributed by atoms with van der Waals surface area (Å²) >= 11 is 0. The lowest BCUT2D eigenvalue weighted by Gasteiger charge is -2.23. The van der Waals surface area contributed by atoms with Crippen LogP contribution in [-0.4, -0.2) is 11.2 Å². The zero-order valence-electron chi connectivity index (χ0n) is 12.4. The largest absolute Gasteiger partial charge is 0.392 e. The Balaban J connectivity index is 2.75. The minimum atomic E-state index is -0.190. The molecule has 0 radical (unpaired) electrons. The third kappa shape index (κ3) is 4.13. The molecule has 0 heterocycles. The maximum atomic E-state index is 10.5. The van der Waals surface area contributed by atoms with Crippen molar-refractivity contribution in [2.45, 2.75) is 65.9 Å².